The van der Waals surface area contributed by atoms with Gasteiger partial charge < -0.3 is 14.8 Å². The zero-order valence-electron chi connectivity index (χ0n) is 9.84. The van der Waals surface area contributed by atoms with Crippen LogP contribution in [0, 0.1) is 6.92 Å². The molecule has 0 amide bonds. The quantitative estimate of drug-likeness (QED) is 0.718. The molecular weight excluding hydrogens is 228 g/mol. The van der Waals surface area contributed by atoms with Crippen molar-refractivity contribution >= 4 is 22.3 Å². The van der Waals surface area contributed by atoms with Gasteiger partial charge in [-0.05, 0) is 25.1 Å². The van der Waals surface area contributed by atoms with Crippen molar-refractivity contribution in [3.8, 4) is 5.75 Å². The molecule has 18 heavy (non-hydrogen) atoms. The number of nitrogens with zero attached hydrogens (tertiary/aromatic N) is 1. The molecule has 4 nitrogen and oxygen atoms in total. The average molecular weight is 240 g/mol. The van der Waals surface area contributed by atoms with Crippen LogP contribution >= 0.6 is 0 Å². The van der Waals surface area contributed by atoms with Crippen molar-refractivity contribution in [2.45, 2.75) is 6.92 Å². The average Bonchev–Trinajstić information content (AvgIpc) is 2.79. The van der Waals surface area contributed by atoms with E-state index in [1.54, 1.807) is 30.8 Å². The third-order valence-electron chi connectivity index (χ3n) is 2.95. The van der Waals surface area contributed by atoms with E-state index in [-0.39, 0.29) is 5.75 Å². The van der Waals surface area contributed by atoms with Crippen LogP contribution in [0.3, 0.4) is 0 Å². The first-order valence-electron chi connectivity index (χ1n) is 5.62. The van der Waals surface area contributed by atoms with E-state index in [0.29, 0.717) is 0 Å². The van der Waals surface area contributed by atoms with E-state index in [9.17, 15) is 5.11 Å². The Labute approximate surface area is 104 Å². The minimum atomic E-state index is 0.273. The summed E-state index contributed by atoms with van der Waals surface area (Å²) in [5.74, 6) is 0.273. The number of hydrogen-bond acceptors (Lipinski definition) is 4. The number of fused-ring (bicyclic) bond motifs is 1. The Balaban J connectivity index is 2.04. The number of anilines is 2. The molecule has 0 aliphatic heterocycles. The van der Waals surface area contributed by atoms with Crippen molar-refractivity contribution in [2.24, 2.45) is 0 Å². The van der Waals surface area contributed by atoms with Crippen molar-refractivity contribution in [3.05, 3.63) is 48.5 Å². The van der Waals surface area contributed by atoms with Crippen LogP contribution in [0.25, 0.3) is 11.0 Å². The molecule has 2 heterocycles. The Morgan fingerprint density at radius 3 is 3.00 bits per heavy atom. The minimum Gasteiger partial charge on any atom is -0.508 e. The first kappa shape index (κ1) is 10.7. The second-order valence-electron chi connectivity index (χ2n) is 4.10. The standard InChI is InChI=1S/C14H12N2O2/c1-9-11(3-2-4-13(9)17)16-12-8-18-14-7-15-6-5-10(12)14/h2-8,16-17H,1H3. The lowest BCUT2D eigenvalue weighted by Crippen LogP contribution is -1.92. The normalized spacial score (nSPS) is 10.7. The summed E-state index contributed by atoms with van der Waals surface area (Å²) in [5.41, 5.74) is 3.26. The van der Waals surface area contributed by atoms with E-state index < -0.39 is 0 Å². The van der Waals surface area contributed by atoms with Crippen LogP contribution in [0.4, 0.5) is 11.4 Å². The van der Waals surface area contributed by atoms with Gasteiger partial charge in [0, 0.05) is 22.8 Å². The number of benzene rings is 1. The molecule has 90 valence electrons. The summed E-state index contributed by atoms with van der Waals surface area (Å²) in [6, 6.07) is 7.26. The van der Waals surface area contributed by atoms with E-state index in [0.717, 1.165) is 27.9 Å². The molecule has 0 unspecified atom stereocenters. The maximum Gasteiger partial charge on any atom is 0.154 e. The van der Waals surface area contributed by atoms with Gasteiger partial charge in [-0.25, -0.2) is 0 Å². The van der Waals surface area contributed by atoms with Crippen LogP contribution < -0.4 is 5.32 Å². The SMILES string of the molecule is Cc1c(O)cccc1Nc1coc2cnccc12. The predicted molar refractivity (Wildman–Crippen MR) is 70.1 cm³/mol. The zero-order chi connectivity index (χ0) is 12.5. The lowest BCUT2D eigenvalue weighted by Gasteiger charge is -2.08. The Kier molecular flexibility index (Phi) is 2.41. The molecule has 1 aromatic carbocycles. The van der Waals surface area contributed by atoms with Gasteiger partial charge >= 0.3 is 0 Å². The fraction of sp³-hybridized carbons (Fsp3) is 0.0714. The predicted octanol–water partition coefficient (Wildman–Crippen LogP) is 3.59. The van der Waals surface area contributed by atoms with Crippen LogP contribution in [-0.2, 0) is 0 Å². The van der Waals surface area contributed by atoms with E-state index in [2.05, 4.69) is 10.3 Å². The molecule has 3 rings (SSSR count). The van der Waals surface area contributed by atoms with Gasteiger partial charge in [-0.1, -0.05) is 6.07 Å². The highest BCUT2D eigenvalue weighted by Crippen LogP contribution is 2.31. The summed E-state index contributed by atoms with van der Waals surface area (Å²) >= 11 is 0. The molecule has 0 atom stereocenters. The monoisotopic (exact) mass is 240 g/mol. The highest BCUT2D eigenvalue weighted by atomic mass is 16.3. The highest BCUT2D eigenvalue weighted by molar-refractivity contribution is 5.92. The molecular formula is C14H12N2O2. The Hall–Kier alpha value is -2.49. The number of aromatic nitrogens is 1. The van der Waals surface area contributed by atoms with Crippen molar-refractivity contribution in [1.29, 1.82) is 0 Å². The number of phenolic OH excluding ortho intramolecular Hbond substituents is 1. The Morgan fingerprint density at radius 1 is 1.22 bits per heavy atom. The number of nitrogens with one attached hydrogen (secondary N) is 1. The lowest BCUT2D eigenvalue weighted by atomic mass is 10.1. The maximum atomic E-state index is 9.67. The minimum absolute atomic E-state index is 0.273. The van der Waals surface area contributed by atoms with Crippen molar-refractivity contribution in [3.63, 3.8) is 0 Å². The van der Waals surface area contributed by atoms with Gasteiger partial charge in [0.05, 0.1) is 11.9 Å². The molecule has 0 fully saturated rings. The molecule has 0 aliphatic rings. The summed E-state index contributed by atoms with van der Waals surface area (Å²) in [7, 11) is 0. The number of hydrogen-bond donors (Lipinski definition) is 2. The molecule has 2 aromatic heterocycles. The molecule has 0 bridgehead atoms. The molecule has 0 spiro atoms. The van der Waals surface area contributed by atoms with Gasteiger partial charge in [-0.3, -0.25) is 4.98 Å². The fourth-order valence-electron chi connectivity index (χ4n) is 1.88. The molecule has 3 aromatic rings. The van der Waals surface area contributed by atoms with E-state index in [4.69, 9.17) is 4.42 Å². The molecule has 0 saturated carbocycles. The molecule has 0 saturated heterocycles. The number of pyridine rings is 1. The summed E-state index contributed by atoms with van der Waals surface area (Å²) in [5, 5.41) is 13.9. The van der Waals surface area contributed by atoms with Gasteiger partial charge in [0.1, 0.15) is 12.0 Å². The number of rotatable bonds is 2. The van der Waals surface area contributed by atoms with Gasteiger partial charge in [0.15, 0.2) is 5.58 Å². The second-order valence-corrected chi connectivity index (χ2v) is 4.10. The van der Waals surface area contributed by atoms with Crippen LogP contribution in [-0.4, -0.2) is 10.1 Å². The summed E-state index contributed by atoms with van der Waals surface area (Å²) in [6.45, 7) is 1.86. The lowest BCUT2D eigenvalue weighted by molar-refractivity contribution is 0.471. The molecule has 2 N–H and O–H groups in total. The largest absolute Gasteiger partial charge is 0.508 e. The van der Waals surface area contributed by atoms with Gasteiger partial charge in [0.2, 0.25) is 0 Å². The van der Waals surface area contributed by atoms with Crippen molar-refractivity contribution < 1.29 is 9.52 Å². The van der Waals surface area contributed by atoms with Crippen molar-refractivity contribution in [2.75, 3.05) is 5.32 Å². The first-order valence-corrected chi connectivity index (χ1v) is 5.62. The van der Waals surface area contributed by atoms with Crippen LogP contribution in [0.2, 0.25) is 0 Å². The number of furan rings is 1. The van der Waals surface area contributed by atoms with Gasteiger partial charge in [-0.15, -0.1) is 0 Å². The zero-order valence-corrected chi connectivity index (χ0v) is 9.84. The first-order chi connectivity index (χ1) is 8.75. The topological polar surface area (TPSA) is 58.3 Å². The van der Waals surface area contributed by atoms with Crippen LogP contribution in [0.15, 0.2) is 47.3 Å². The van der Waals surface area contributed by atoms with E-state index in [1.807, 2.05) is 19.1 Å². The smallest absolute Gasteiger partial charge is 0.154 e. The third-order valence-corrected chi connectivity index (χ3v) is 2.95. The van der Waals surface area contributed by atoms with Gasteiger partial charge in [-0.2, -0.15) is 0 Å². The van der Waals surface area contributed by atoms with Crippen LogP contribution in [0.5, 0.6) is 5.75 Å². The summed E-state index contributed by atoms with van der Waals surface area (Å²) in [6.07, 6.45) is 5.05. The summed E-state index contributed by atoms with van der Waals surface area (Å²) < 4.78 is 5.40. The third kappa shape index (κ3) is 1.68. The fourth-order valence-corrected chi connectivity index (χ4v) is 1.88. The maximum absolute atomic E-state index is 9.67. The van der Waals surface area contributed by atoms with Crippen molar-refractivity contribution in [1.82, 2.24) is 4.98 Å². The Morgan fingerprint density at radius 2 is 2.11 bits per heavy atom. The van der Waals surface area contributed by atoms with Gasteiger partial charge in [0.25, 0.3) is 0 Å². The summed E-state index contributed by atoms with van der Waals surface area (Å²) in [4.78, 5) is 4.00. The number of aromatic hydroxyl groups is 1. The second kappa shape index (κ2) is 4.07. The highest BCUT2D eigenvalue weighted by Gasteiger charge is 2.08. The number of phenols is 1. The van der Waals surface area contributed by atoms with Crippen LogP contribution in [0.1, 0.15) is 5.56 Å². The van der Waals surface area contributed by atoms with E-state index >= 15 is 0 Å². The van der Waals surface area contributed by atoms with E-state index in [1.165, 1.54) is 0 Å². The Bertz CT molecular complexity index is 704. The molecule has 0 aliphatic carbocycles. The molecule has 4 heteroatoms. The molecule has 0 radical (unpaired) electrons.